The number of aliphatic hydroxyl groups is 7. The van der Waals surface area contributed by atoms with Crippen LogP contribution in [0.5, 0.6) is 0 Å². The second-order valence-electron chi connectivity index (χ2n) is 11.4. The van der Waals surface area contributed by atoms with Gasteiger partial charge in [-0.2, -0.15) is 16.8 Å². The van der Waals surface area contributed by atoms with Gasteiger partial charge in [0.1, 0.15) is 60.5 Å². The summed E-state index contributed by atoms with van der Waals surface area (Å²) in [5, 5.41) is 78.5. The highest BCUT2D eigenvalue weighted by molar-refractivity contribution is 7.80. The normalized spacial score (nSPS) is 40.5. The number of ether oxygens (including phenoxy) is 4. The average molecular weight is 766 g/mol. The highest BCUT2D eigenvalue weighted by Crippen LogP contribution is 2.32. The lowest BCUT2D eigenvalue weighted by molar-refractivity contribution is -0.330. The van der Waals surface area contributed by atoms with Gasteiger partial charge in [0.15, 0.2) is 12.6 Å². The molecular formula is C22H47N5O20S2. The van der Waals surface area contributed by atoms with Gasteiger partial charge in [0.25, 0.3) is 0 Å². The van der Waals surface area contributed by atoms with Crippen LogP contribution >= 0.6 is 0 Å². The number of rotatable bonds is 9. The fourth-order valence-corrected chi connectivity index (χ4v) is 5.22. The Bertz CT molecular complexity index is 1200. The van der Waals surface area contributed by atoms with E-state index in [0.29, 0.717) is 0 Å². The van der Waals surface area contributed by atoms with Crippen LogP contribution in [0, 0.1) is 0 Å². The molecule has 0 radical (unpaired) electrons. The number of hydrogen-bond acceptors (Lipinski definition) is 20. The molecule has 0 aromatic heterocycles. The van der Waals surface area contributed by atoms with Gasteiger partial charge in [0, 0.05) is 19.1 Å². The van der Waals surface area contributed by atoms with Gasteiger partial charge in [0.05, 0.1) is 18.7 Å². The Hall–Kier alpha value is -1.39. The molecule has 0 bridgehead atoms. The Balaban J connectivity index is 0.00000105. The summed E-state index contributed by atoms with van der Waals surface area (Å²) >= 11 is 0. The van der Waals surface area contributed by atoms with Crippen LogP contribution in [0.2, 0.25) is 0 Å². The molecule has 0 aromatic carbocycles. The largest absolute Gasteiger partial charge is 0.394 e. The SMILES string of the molecule is CNC1C(O)C(OC2C(NC(=O)C(O)CN)CC(N)C(OC3OC(CN)C(O)C(O)C3O)C2O)OCC1(C)O.O=S(=O)(O)O.O=S(=O)(O)O. The van der Waals surface area contributed by atoms with Gasteiger partial charge in [-0.05, 0) is 20.4 Å². The molecule has 19 N–H and O–H groups in total. The molecule has 2 heterocycles. The summed E-state index contributed by atoms with van der Waals surface area (Å²) in [5.74, 6) is -0.857. The van der Waals surface area contributed by atoms with Crippen LogP contribution in [0.3, 0.4) is 0 Å². The van der Waals surface area contributed by atoms with Crippen LogP contribution in [-0.2, 0) is 44.5 Å². The first-order valence-electron chi connectivity index (χ1n) is 14.2. The molecule has 2 saturated heterocycles. The van der Waals surface area contributed by atoms with E-state index in [9.17, 15) is 40.5 Å². The molecule has 1 saturated carbocycles. The molecule has 292 valence electrons. The van der Waals surface area contributed by atoms with Gasteiger partial charge in [-0.25, -0.2) is 0 Å². The molecule has 15 atom stereocenters. The molecule has 27 heteroatoms. The second kappa shape index (κ2) is 18.9. The van der Waals surface area contributed by atoms with Crippen LogP contribution < -0.4 is 27.8 Å². The number of hydrogen-bond donors (Lipinski definition) is 16. The van der Waals surface area contributed by atoms with Gasteiger partial charge >= 0.3 is 20.8 Å². The standard InChI is InChI=1S/C22H43N5O12.2H2O4S/c1-22(35)6-36-20(15(33)18(22)26-2)39-17-8(27-19(34)9(28)4-23)3-7(25)16(14(17)32)38-21-13(31)12(30)11(29)10(5-24)37-21;2*1-5(2,3)4/h7-18,20-21,26,28-33,35H,3-6,23-25H2,1-2H3,(H,27,34);2*(H2,1,2,3,4). The summed E-state index contributed by atoms with van der Waals surface area (Å²) in [7, 11) is -7.81. The van der Waals surface area contributed by atoms with E-state index in [1.807, 2.05) is 0 Å². The van der Waals surface area contributed by atoms with Crippen molar-refractivity contribution in [3.05, 3.63) is 0 Å². The Labute approximate surface area is 280 Å². The monoisotopic (exact) mass is 765 g/mol. The fourth-order valence-electron chi connectivity index (χ4n) is 5.22. The molecule has 3 aliphatic rings. The maximum atomic E-state index is 12.4. The van der Waals surface area contributed by atoms with Crippen LogP contribution in [0.15, 0.2) is 0 Å². The van der Waals surface area contributed by atoms with Gasteiger partial charge < -0.3 is 82.5 Å². The van der Waals surface area contributed by atoms with Crippen molar-refractivity contribution >= 4 is 26.7 Å². The highest BCUT2D eigenvalue weighted by atomic mass is 32.3. The van der Waals surface area contributed by atoms with E-state index in [0.717, 1.165) is 0 Å². The first-order chi connectivity index (χ1) is 22.3. The predicted octanol–water partition coefficient (Wildman–Crippen LogP) is -8.83. The topological polar surface area (TPSA) is 447 Å². The number of carbonyl (C=O) groups excluding carboxylic acids is 1. The second-order valence-corrected chi connectivity index (χ2v) is 13.2. The molecule has 2 aliphatic heterocycles. The van der Waals surface area contributed by atoms with E-state index >= 15 is 0 Å². The summed E-state index contributed by atoms with van der Waals surface area (Å²) in [6, 6.07) is -2.92. The van der Waals surface area contributed by atoms with E-state index < -0.39 is 118 Å². The van der Waals surface area contributed by atoms with E-state index in [1.54, 1.807) is 0 Å². The van der Waals surface area contributed by atoms with Crippen molar-refractivity contribution in [2.24, 2.45) is 17.2 Å². The first-order valence-corrected chi connectivity index (χ1v) is 17.0. The molecule has 3 rings (SSSR count). The zero-order valence-corrected chi connectivity index (χ0v) is 27.7. The molecule has 1 aliphatic carbocycles. The van der Waals surface area contributed by atoms with Gasteiger partial charge in [0.2, 0.25) is 5.91 Å². The smallest absolute Gasteiger partial charge is 0.388 e. The van der Waals surface area contributed by atoms with E-state index in [1.165, 1.54) is 14.0 Å². The van der Waals surface area contributed by atoms with Gasteiger partial charge in [-0.3, -0.25) is 23.0 Å². The lowest BCUT2D eigenvalue weighted by atomic mass is 9.83. The van der Waals surface area contributed by atoms with Crippen molar-refractivity contribution in [2.45, 2.75) is 105 Å². The van der Waals surface area contributed by atoms with Crippen molar-refractivity contribution in [1.29, 1.82) is 0 Å². The molecule has 25 nitrogen and oxygen atoms in total. The van der Waals surface area contributed by atoms with Gasteiger partial charge in [-0.1, -0.05) is 0 Å². The molecule has 49 heavy (non-hydrogen) atoms. The van der Waals surface area contributed by atoms with E-state index in [-0.39, 0.29) is 26.1 Å². The molecular weight excluding hydrogens is 718 g/mol. The predicted molar refractivity (Wildman–Crippen MR) is 159 cm³/mol. The summed E-state index contributed by atoms with van der Waals surface area (Å²) in [4.78, 5) is 12.4. The zero-order chi connectivity index (χ0) is 38.2. The highest BCUT2D eigenvalue weighted by Gasteiger charge is 2.53. The van der Waals surface area contributed by atoms with Crippen molar-refractivity contribution in [3.63, 3.8) is 0 Å². The van der Waals surface area contributed by atoms with E-state index in [2.05, 4.69) is 10.6 Å². The minimum atomic E-state index is -4.67. The quantitative estimate of drug-likeness (QED) is 0.0969. The van der Waals surface area contributed by atoms with Crippen molar-refractivity contribution in [2.75, 3.05) is 26.7 Å². The Morgan fingerprint density at radius 1 is 0.898 bits per heavy atom. The lowest BCUT2D eigenvalue weighted by Gasteiger charge is -2.49. The number of aliphatic hydroxyl groups excluding tert-OH is 6. The Morgan fingerprint density at radius 2 is 1.41 bits per heavy atom. The molecule has 3 fully saturated rings. The molecule has 0 spiro atoms. The molecule has 1 amide bonds. The molecule has 15 unspecified atom stereocenters. The first kappa shape index (κ1) is 45.6. The number of likely N-dealkylation sites (N-methyl/N-ethyl adjacent to an activating group) is 1. The summed E-state index contributed by atoms with van der Waals surface area (Å²) < 4.78 is 85.9. The minimum absolute atomic E-state index is 0.0836. The lowest BCUT2D eigenvalue weighted by Crippen LogP contribution is -2.70. The van der Waals surface area contributed by atoms with Gasteiger partial charge in [-0.15, -0.1) is 0 Å². The fraction of sp³-hybridized carbons (Fsp3) is 0.955. The maximum absolute atomic E-state index is 12.4. The van der Waals surface area contributed by atoms with Crippen LogP contribution in [0.25, 0.3) is 0 Å². The van der Waals surface area contributed by atoms with Crippen molar-refractivity contribution in [1.82, 2.24) is 10.6 Å². The number of nitrogens with two attached hydrogens (primary N) is 3. The summed E-state index contributed by atoms with van der Waals surface area (Å²) in [5.41, 5.74) is 15.8. The zero-order valence-electron chi connectivity index (χ0n) is 26.1. The summed E-state index contributed by atoms with van der Waals surface area (Å²) in [6.07, 6.45) is -16.3. The van der Waals surface area contributed by atoms with Crippen LogP contribution in [0.1, 0.15) is 13.3 Å². The third-order valence-electron chi connectivity index (χ3n) is 7.50. The number of nitrogens with one attached hydrogen (secondary N) is 2. The van der Waals surface area contributed by atoms with Crippen LogP contribution in [-0.4, -0.2) is 195 Å². The minimum Gasteiger partial charge on any atom is -0.388 e. The Morgan fingerprint density at radius 3 is 1.88 bits per heavy atom. The summed E-state index contributed by atoms with van der Waals surface area (Å²) in [6.45, 7) is 0.634. The van der Waals surface area contributed by atoms with Crippen molar-refractivity contribution in [3.8, 4) is 0 Å². The Kier molecular flexibility index (Phi) is 17.6. The third-order valence-corrected chi connectivity index (χ3v) is 7.50. The van der Waals surface area contributed by atoms with Crippen molar-refractivity contribution < 1.29 is 94.5 Å². The molecule has 0 aromatic rings. The van der Waals surface area contributed by atoms with E-state index in [4.69, 9.17) is 71.2 Å². The van der Waals surface area contributed by atoms with Crippen LogP contribution in [0.4, 0.5) is 0 Å². The maximum Gasteiger partial charge on any atom is 0.394 e. The third kappa shape index (κ3) is 14.3. The number of amides is 1. The average Bonchev–Trinajstić information content (AvgIpc) is 2.96. The number of carbonyl (C=O) groups is 1.